The number of carbonyl (C=O) groups excluding carboxylic acids is 1. The summed E-state index contributed by atoms with van der Waals surface area (Å²) in [4.78, 5) is 12.5. The second-order valence-electron chi connectivity index (χ2n) is 6.87. The molecule has 2 N–H and O–H groups in total. The highest BCUT2D eigenvalue weighted by atomic mass is 32.2. The van der Waals surface area contributed by atoms with Crippen LogP contribution in [0.5, 0.6) is 0 Å². The molecule has 0 bridgehead atoms. The number of anilines is 2. The molecule has 150 valence electrons. The highest BCUT2D eigenvalue weighted by molar-refractivity contribution is 7.92. The highest BCUT2D eigenvalue weighted by Crippen LogP contribution is 2.24. The lowest BCUT2D eigenvalue weighted by atomic mass is 10.1. The van der Waals surface area contributed by atoms with Crippen LogP contribution < -0.4 is 10.0 Å². The van der Waals surface area contributed by atoms with E-state index in [-0.39, 0.29) is 10.5 Å². The van der Waals surface area contributed by atoms with Crippen molar-refractivity contribution in [3.05, 3.63) is 88.7 Å². The quantitative estimate of drug-likeness (QED) is 0.632. The van der Waals surface area contributed by atoms with Gasteiger partial charge in [0.1, 0.15) is 5.82 Å². The first-order valence-electron chi connectivity index (χ1n) is 8.93. The van der Waals surface area contributed by atoms with Crippen molar-refractivity contribution in [1.29, 1.82) is 0 Å². The Hall–Kier alpha value is -3.19. The lowest BCUT2D eigenvalue weighted by Crippen LogP contribution is -2.17. The molecule has 29 heavy (non-hydrogen) atoms. The van der Waals surface area contributed by atoms with Gasteiger partial charge in [0.05, 0.1) is 10.6 Å². The summed E-state index contributed by atoms with van der Waals surface area (Å²) >= 11 is 0. The highest BCUT2D eigenvalue weighted by Gasteiger charge is 2.20. The van der Waals surface area contributed by atoms with E-state index < -0.39 is 21.7 Å². The van der Waals surface area contributed by atoms with E-state index in [9.17, 15) is 17.6 Å². The first-order valence-corrected chi connectivity index (χ1v) is 10.4. The Morgan fingerprint density at radius 2 is 1.52 bits per heavy atom. The normalized spacial score (nSPS) is 11.2. The van der Waals surface area contributed by atoms with Gasteiger partial charge < -0.3 is 5.32 Å². The second kappa shape index (κ2) is 8.05. The predicted molar refractivity (Wildman–Crippen MR) is 112 cm³/mol. The van der Waals surface area contributed by atoms with Gasteiger partial charge in [-0.05, 0) is 79.9 Å². The lowest BCUT2D eigenvalue weighted by molar-refractivity contribution is 0.102. The molecule has 0 aliphatic carbocycles. The number of hydrogen-bond donors (Lipinski definition) is 2. The minimum absolute atomic E-state index is 0.0187. The van der Waals surface area contributed by atoms with Crippen molar-refractivity contribution in [2.45, 2.75) is 25.7 Å². The molecular formula is C22H21FN2O3S. The van der Waals surface area contributed by atoms with Crippen molar-refractivity contribution in [2.24, 2.45) is 0 Å². The van der Waals surface area contributed by atoms with E-state index in [0.29, 0.717) is 16.9 Å². The van der Waals surface area contributed by atoms with E-state index in [1.165, 1.54) is 30.3 Å². The minimum Gasteiger partial charge on any atom is -0.322 e. The molecule has 0 radical (unpaired) electrons. The van der Waals surface area contributed by atoms with E-state index in [1.54, 1.807) is 25.1 Å². The van der Waals surface area contributed by atoms with Crippen LogP contribution in [0.1, 0.15) is 27.0 Å². The number of amides is 1. The largest absolute Gasteiger partial charge is 0.322 e. The lowest BCUT2D eigenvalue weighted by Gasteiger charge is -2.14. The maximum Gasteiger partial charge on any atom is 0.262 e. The van der Waals surface area contributed by atoms with Crippen molar-refractivity contribution in [2.75, 3.05) is 10.0 Å². The maximum atomic E-state index is 13.0. The summed E-state index contributed by atoms with van der Waals surface area (Å²) in [5, 5.41) is 2.63. The van der Waals surface area contributed by atoms with Gasteiger partial charge >= 0.3 is 0 Å². The topological polar surface area (TPSA) is 75.3 Å². The fraction of sp³-hybridized carbons (Fsp3) is 0.136. The fourth-order valence-corrected chi connectivity index (χ4v) is 4.21. The Labute approximate surface area is 169 Å². The molecule has 7 heteroatoms. The zero-order valence-electron chi connectivity index (χ0n) is 16.3. The molecular weight excluding hydrogens is 391 g/mol. The van der Waals surface area contributed by atoms with E-state index in [0.717, 1.165) is 11.1 Å². The molecule has 0 fully saturated rings. The fourth-order valence-electron chi connectivity index (χ4n) is 2.81. The van der Waals surface area contributed by atoms with Crippen LogP contribution in [0.3, 0.4) is 0 Å². The molecule has 0 spiro atoms. The first-order chi connectivity index (χ1) is 13.7. The Balaban J connectivity index is 1.90. The Morgan fingerprint density at radius 1 is 0.862 bits per heavy atom. The van der Waals surface area contributed by atoms with Gasteiger partial charge in [-0.3, -0.25) is 9.52 Å². The predicted octanol–water partition coefficient (Wildman–Crippen LogP) is 4.80. The van der Waals surface area contributed by atoms with Gasteiger partial charge in [0.15, 0.2) is 0 Å². The third-order valence-electron chi connectivity index (χ3n) is 4.48. The third-order valence-corrected chi connectivity index (χ3v) is 5.99. The van der Waals surface area contributed by atoms with Crippen LogP contribution in [0.2, 0.25) is 0 Å². The molecule has 1 amide bonds. The molecule has 0 aliphatic rings. The van der Waals surface area contributed by atoms with Crippen molar-refractivity contribution in [3.63, 3.8) is 0 Å². The average Bonchev–Trinajstić information content (AvgIpc) is 2.66. The van der Waals surface area contributed by atoms with Gasteiger partial charge in [-0.2, -0.15) is 0 Å². The number of nitrogens with one attached hydrogen (secondary N) is 2. The first kappa shape index (κ1) is 20.5. The molecule has 0 heterocycles. The number of rotatable bonds is 5. The van der Waals surface area contributed by atoms with Crippen molar-refractivity contribution < 1.29 is 17.6 Å². The second-order valence-corrected chi connectivity index (χ2v) is 8.52. The van der Waals surface area contributed by atoms with Crippen molar-refractivity contribution >= 4 is 27.3 Å². The number of hydrogen-bond acceptors (Lipinski definition) is 3. The van der Waals surface area contributed by atoms with Gasteiger partial charge in [0, 0.05) is 11.3 Å². The Morgan fingerprint density at radius 3 is 2.21 bits per heavy atom. The van der Waals surface area contributed by atoms with E-state index in [2.05, 4.69) is 10.0 Å². The summed E-state index contributed by atoms with van der Waals surface area (Å²) in [7, 11) is -3.90. The molecule has 0 aliphatic heterocycles. The zero-order chi connectivity index (χ0) is 21.2. The van der Waals surface area contributed by atoms with Gasteiger partial charge in [-0.1, -0.05) is 18.2 Å². The Bertz CT molecular complexity index is 1170. The molecule has 3 rings (SSSR count). The van der Waals surface area contributed by atoms with Gasteiger partial charge in [0.25, 0.3) is 15.9 Å². The van der Waals surface area contributed by atoms with Crippen LogP contribution in [0.4, 0.5) is 15.8 Å². The number of aryl methyl sites for hydroxylation is 3. The van der Waals surface area contributed by atoms with Gasteiger partial charge in [-0.25, -0.2) is 12.8 Å². The Kier molecular flexibility index (Phi) is 5.70. The molecule has 0 unspecified atom stereocenters. The number of halogens is 1. The summed E-state index contributed by atoms with van der Waals surface area (Å²) in [6.07, 6.45) is 0. The number of sulfonamides is 1. The summed E-state index contributed by atoms with van der Waals surface area (Å²) in [6.45, 7) is 5.36. The molecule has 0 atom stereocenters. The number of carbonyl (C=O) groups is 1. The molecule has 0 saturated carbocycles. The molecule has 0 saturated heterocycles. The van der Waals surface area contributed by atoms with Crippen molar-refractivity contribution in [3.8, 4) is 0 Å². The molecule has 3 aromatic carbocycles. The van der Waals surface area contributed by atoms with Crippen LogP contribution in [-0.2, 0) is 10.0 Å². The van der Waals surface area contributed by atoms with Crippen LogP contribution in [0.15, 0.2) is 65.6 Å². The number of benzene rings is 3. The van der Waals surface area contributed by atoms with Crippen LogP contribution in [0.25, 0.3) is 0 Å². The summed E-state index contributed by atoms with van der Waals surface area (Å²) < 4.78 is 41.6. The minimum atomic E-state index is -3.90. The summed E-state index contributed by atoms with van der Waals surface area (Å²) in [5.41, 5.74) is 3.32. The monoisotopic (exact) mass is 412 g/mol. The maximum absolute atomic E-state index is 13.0. The molecule has 5 nitrogen and oxygen atoms in total. The van der Waals surface area contributed by atoms with Crippen LogP contribution >= 0.6 is 0 Å². The average molecular weight is 412 g/mol. The zero-order valence-corrected chi connectivity index (χ0v) is 17.1. The van der Waals surface area contributed by atoms with E-state index >= 15 is 0 Å². The molecule has 0 aromatic heterocycles. The van der Waals surface area contributed by atoms with Crippen molar-refractivity contribution in [1.82, 2.24) is 0 Å². The smallest absolute Gasteiger partial charge is 0.262 e. The molecule has 3 aromatic rings. The standard InChI is InChI=1S/C22H21FN2O3S/c1-14-4-5-15(2)20(12-14)25-29(27,28)21-13-17(7-6-16(21)3)22(26)24-19-10-8-18(23)9-11-19/h4-13,25H,1-3H3,(H,24,26). The van der Waals surface area contributed by atoms with Crippen LogP contribution in [0, 0.1) is 26.6 Å². The third kappa shape index (κ3) is 4.81. The SMILES string of the molecule is Cc1ccc(C)c(NS(=O)(=O)c2cc(C(=O)Nc3ccc(F)cc3)ccc2C)c1. The van der Waals surface area contributed by atoms with Gasteiger partial charge in [-0.15, -0.1) is 0 Å². The van der Waals surface area contributed by atoms with E-state index in [1.807, 2.05) is 26.0 Å². The summed E-state index contributed by atoms with van der Waals surface area (Å²) in [6, 6.07) is 15.3. The van der Waals surface area contributed by atoms with E-state index in [4.69, 9.17) is 0 Å². The summed E-state index contributed by atoms with van der Waals surface area (Å²) in [5.74, 6) is -0.899. The van der Waals surface area contributed by atoms with Crippen LogP contribution in [-0.4, -0.2) is 14.3 Å². The van der Waals surface area contributed by atoms with Gasteiger partial charge in [0.2, 0.25) is 0 Å².